The second-order valence-electron chi connectivity index (χ2n) is 8.03. The number of para-hydroxylation sites is 1. The van der Waals surface area contributed by atoms with E-state index >= 15 is 0 Å². The summed E-state index contributed by atoms with van der Waals surface area (Å²) in [4.78, 5) is 16.6. The van der Waals surface area contributed by atoms with Crippen LogP contribution >= 0.6 is 0 Å². The Morgan fingerprint density at radius 2 is 2.00 bits per heavy atom. The Morgan fingerprint density at radius 3 is 2.68 bits per heavy atom. The lowest BCUT2D eigenvalue weighted by molar-refractivity contribution is 0.0492. The van der Waals surface area contributed by atoms with E-state index in [1.54, 1.807) is 0 Å². The maximum atomic E-state index is 12.0. The first-order chi connectivity index (χ1) is 11.8. The van der Waals surface area contributed by atoms with Crippen molar-refractivity contribution in [3.63, 3.8) is 0 Å². The van der Waals surface area contributed by atoms with Crippen LogP contribution in [0.4, 0.5) is 10.5 Å². The Morgan fingerprint density at radius 1 is 1.28 bits per heavy atom. The number of piperidine rings is 1. The van der Waals surface area contributed by atoms with E-state index in [4.69, 9.17) is 4.74 Å². The van der Waals surface area contributed by atoms with Crippen molar-refractivity contribution < 1.29 is 9.53 Å². The number of nitrogens with one attached hydrogen (secondary N) is 1. The fraction of sp³-hybridized carbons (Fsp3) is 0.650. The first-order valence-electron chi connectivity index (χ1n) is 9.22. The van der Waals surface area contributed by atoms with E-state index in [1.165, 1.54) is 24.1 Å². The van der Waals surface area contributed by atoms with E-state index in [1.807, 2.05) is 20.8 Å². The van der Waals surface area contributed by atoms with Crippen LogP contribution in [-0.2, 0) is 11.3 Å². The predicted octanol–water partition coefficient (Wildman–Crippen LogP) is 3.63. The zero-order chi connectivity index (χ0) is 18.4. The number of ether oxygens (including phenoxy) is 1. The van der Waals surface area contributed by atoms with Gasteiger partial charge in [-0.05, 0) is 51.8 Å². The second-order valence-corrected chi connectivity index (χ2v) is 8.03. The molecule has 1 aliphatic heterocycles. The minimum absolute atomic E-state index is 0.327. The summed E-state index contributed by atoms with van der Waals surface area (Å²) in [6.07, 6.45) is 3.21. The monoisotopic (exact) mass is 347 g/mol. The summed E-state index contributed by atoms with van der Waals surface area (Å²) in [7, 11) is 4.16. The number of rotatable bonds is 5. The lowest BCUT2D eigenvalue weighted by Gasteiger charge is -2.36. The first-order valence-corrected chi connectivity index (χ1v) is 9.22. The summed E-state index contributed by atoms with van der Waals surface area (Å²) >= 11 is 0. The molecule has 0 radical (unpaired) electrons. The molecule has 0 saturated carbocycles. The van der Waals surface area contributed by atoms with E-state index in [0.29, 0.717) is 12.6 Å². The SMILES string of the molecule is CN(C)c1ccccc1CN1CCCCC1CNC(=O)OC(C)(C)C. The number of nitrogens with zero attached hydrogens (tertiary/aromatic N) is 2. The number of likely N-dealkylation sites (tertiary alicyclic amines) is 1. The number of anilines is 1. The maximum Gasteiger partial charge on any atom is 0.407 e. The van der Waals surface area contributed by atoms with Crippen LogP contribution in [-0.4, -0.2) is 49.8 Å². The summed E-state index contributed by atoms with van der Waals surface area (Å²) in [6, 6.07) is 8.89. The van der Waals surface area contributed by atoms with Gasteiger partial charge in [-0.3, -0.25) is 4.90 Å². The molecule has 1 atom stereocenters. The molecule has 1 aromatic rings. The molecule has 0 aromatic heterocycles. The molecule has 0 aliphatic carbocycles. The topological polar surface area (TPSA) is 44.8 Å². The molecule has 1 saturated heterocycles. The quantitative estimate of drug-likeness (QED) is 0.883. The van der Waals surface area contributed by atoms with Crippen molar-refractivity contribution in [2.24, 2.45) is 0 Å². The highest BCUT2D eigenvalue weighted by Crippen LogP contribution is 2.24. The Labute approximate surface area is 152 Å². The van der Waals surface area contributed by atoms with Gasteiger partial charge in [0.15, 0.2) is 0 Å². The molecular formula is C20H33N3O2. The summed E-state index contributed by atoms with van der Waals surface area (Å²) in [6.45, 7) is 8.28. The fourth-order valence-corrected chi connectivity index (χ4v) is 3.31. The van der Waals surface area contributed by atoms with Crippen molar-refractivity contribution >= 4 is 11.8 Å². The predicted molar refractivity (Wildman–Crippen MR) is 103 cm³/mol. The fourth-order valence-electron chi connectivity index (χ4n) is 3.31. The van der Waals surface area contributed by atoms with Crippen LogP contribution in [0.25, 0.3) is 0 Å². The highest BCUT2D eigenvalue weighted by Gasteiger charge is 2.25. The normalized spacial score (nSPS) is 18.7. The van der Waals surface area contributed by atoms with Crippen LogP contribution in [0.2, 0.25) is 0 Å². The van der Waals surface area contributed by atoms with Crippen LogP contribution < -0.4 is 10.2 Å². The average molecular weight is 348 g/mol. The van der Waals surface area contributed by atoms with E-state index in [-0.39, 0.29) is 6.09 Å². The molecule has 1 aliphatic rings. The minimum Gasteiger partial charge on any atom is -0.444 e. The molecule has 140 valence electrons. The van der Waals surface area contributed by atoms with Crippen LogP contribution in [0.3, 0.4) is 0 Å². The van der Waals surface area contributed by atoms with Gasteiger partial charge < -0.3 is 15.0 Å². The lowest BCUT2D eigenvalue weighted by Crippen LogP contribution is -2.47. The molecule has 2 rings (SSSR count). The number of carbonyl (C=O) groups excluding carboxylic acids is 1. The van der Waals surface area contributed by atoms with Gasteiger partial charge in [0.05, 0.1) is 0 Å². The molecule has 5 nitrogen and oxygen atoms in total. The zero-order valence-electron chi connectivity index (χ0n) is 16.3. The van der Waals surface area contributed by atoms with Gasteiger partial charge in [0.2, 0.25) is 0 Å². The van der Waals surface area contributed by atoms with Gasteiger partial charge in [-0.2, -0.15) is 0 Å². The highest BCUT2D eigenvalue weighted by molar-refractivity contribution is 5.67. The van der Waals surface area contributed by atoms with Crippen molar-refractivity contribution in [3.8, 4) is 0 Å². The molecule has 0 spiro atoms. The lowest BCUT2D eigenvalue weighted by atomic mass is 10.0. The highest BCUT2D eigenvalue weighted by atomic mass is 16.6. The standard InChI is InChI=1S/C20H33N3O2/c1-20(2,3)25-19(24)21-14-17-11-8-9-13-23(17)15-16-10-6-7-12-18(16)22(4)5/h6-7,10,12,17H,8-9,11,13-15H2,1-5H3,(H,21,24). The molecule has 1 N–H and O–H groups in total. The van der Waals surface area contributed by atoms with Crippen molar-refractivity contribution in [2.45, 2.75) is 58.2 Å². The summed E-state index contributed by atoms with van der Waals surface area (Å²) in [5.41, 5.74) is 2.13. The molecule has 0 bridgehead atoms. The van der Waals surface area contributed by atoms with E-state index in [0.717, 1.165) is 19.5 Å². The third-order valence-corrected chi connectivity index (χ3v) is 4.48. The zero-order valence-corrected chi connectivity index (χ0v) is 16.3. The summed E-state index contributed by atoms with van der Waals surface area (Å²) in [5.74, 6) is 0. The Hall–Kier alpha value is -1.75. The third-order valence-electron chi connectivity index (χ3n) is 4.48. The van der Waals surface area contributed by atoms with Crippen molar-refractivity contribution in [1.29, 1.82) is 0 Å². The minimum atomic E-state index is -0.457. The number of benzene rings is 1. The molecule has 1 aromatic carbocycles. The third kappa shape index (κ3) is 6.24. The first kappa shape index (κ1) is 19.6. The van der Waals surface area contributed by atoms with Crippen LogP contribution in [0, 0.1) is 0 Å². The second kappa shape index (κ2) is 8.56. The number of carbonyl (C=O) groups is 1. The Bertz CT molecular complexity index is 566. The van der Waals surface area contributed by atoms with Gasteiger partial charge in [-0.15, -0.1) is 0 Å². The number of hydrogen-bond acceptors (Lipinski definition) is 4. The van der Waals surface area contributed by atoms with Crippen LogP contribution in [0.5, 0.6) is 0 Å². The van der Waals surface area contributed by atoms with Crippen molar-refractivity contribution in [2.75, 3.05) is 32.1 Å². The molecule has 1 heterocycles. The van der Waals surface area contributed by atoms with Gasteiger partial charge in [-0.1, -0.05) is 24.6 Å². The molecular weight excluding hydrogens is 314 g/mol. The van der Waals surface area contributed by atoms with E-state index in [2.05, 4.69) is 53.5 Å². The Kier molecular flexibility index (Phi) is 6.71. The molecule has 1 unspecified atom stereocenters. The maximum absolute atomic E-state index is 12.0. The number of alkyl carbamates (subject to hydrolysis) is 1. The molecule has 1 amide bonds. The largest absolute Gasteiger partial charge is 0.444 e. The summed E-state index contributed by atoms with van der Waals surface area (Å²) in [5, 5.41) is 2.95. The van der Waals surface area contributed by atoms with Gasteiger partial charge >= 0.3 is 6.09 Å². The van der Waals surface area contributed by atoms with Gasteiger partial charge in [0.25, 0.3) is 0 Å². The Balaban J connectivity index is 1.98. The van der Waals surface area contributed by atoms with Gasteiger partial charge in [0, 0.05) is 38.9 Å². The van der Waals surface area contributed by atoms with Crippen molar-refractivity contribution in [3.05, 3.63) is 29.8 Å². The van der Waals surface area contributed by atoms with Crippen LogP contribution in [0.15, 0.2) is 24.3 Å². The smallest absolute Gasteiger partial charge is 0.407 e. The number of amides is 1. The summed E-state index contributed by atoms with van der Waals surface area (Å²) < 4.78 is 5.36. The van der Waals surface area contributed by atoms with Gasteiger partial charge in [-0.25, -0.2) is 4.79 Å². The molecule has 5 heteroatoms. The average Bonchev–Trinajstić information content (AvgIpc) is 2.53. The van der Waals surface area contributed by atoms with E-state index in [9.17, 15) is 4.79 Å². The number of hydrogen-bond donors (Lipinski definition) is 1. The van der Waals surface area contributed by atoms with E-state index < -0.39 is 5.60 Å². The van der Waals surface area contributed by atoms with Crippen LogP contribution in [0.1, 0.15) is 45.6 Å². The molecule has 25 heavy (non-hydrogen) atoms. The van der Waals surface area contributed by atoms with Crippen molar-refractivity contribution in [1.82, 2.24) is 10.2 Å². The molecule has 1 fully saturated rings. The van der Waals surface area contributed by atoms with Gasteiger partial charge in [0.1, 0.15) is 5.60 Å².